The number of thioether (sulfide) groups is 1. The lowest BCUT2D eigenvalue weighted by molar-refractivity contribution is -0.113. The number of nitrogens with zero attached hydrogens (tertiary/aromatic N) is 4. The maximum absolute atomic E-state index is 12.8. The molecule has 194 valence electrons. The van der Waals surface area contributed by atoms with Crippen LogP contribution in [0.25, 0.3) is 11.5 Å². The number of rotatable bonds is 7. The van der Waals surface area contributed by atoms with Gasteiger partial charge in [-0.3, -0.25) is 9.59 Å². The Balaban J connectivity index is 1.09. The minimum atomic E-state index is -0.181. The zero-order valence-electron chi connectivity index (χ0n) is 20.1. The summed E-state index contributed by atoms with van der Waals surface area (Å²) in [4.78, 5) is 29.4. The van der Waals surface area contributed by atoms with Gasteiger partial charge in [0.1, 0.15) is 0 Å². The number of anilines is 2. The van der Waals surface area contributed by atoms with Gasteiger partial charge >= 0.3 is 0 Å². The number of amides is 2. The number of benzene rings is 3. The Morgan fingerprint density at radius 3 is 2.47 bits per heavy atom. The number of aromatic nitrogens is 2. The van der Waals surface area contributed by atoms with E-state index in [1.54, 1.807) is 12.1 Å². The molecule has 1 fully saturated rings. The molecule has 0 unspecified atom stereocenters. The lowest BCUT2D eigenvalue weighted by atomic mass is 10.1. The van der Waals surface area contributed by atoms with Crippen molar-refractivity contribution < 1.29 is 14.0 Å². The molecule has 0 atom stereocenters. The number of hydrogen-bond acceptors (Lipinski definition) is 7. The number of piperazine rings is 1. The molecule has 0 aliphatic carbocycles. The molecule has 1 saturated heterocycles. The SMILES string of the molecule is O=C(CSc1nnc(-c2ccccc2Cl)o1)Nc1ccc(N2CCN(C(=O)c3cccc(Br)c3)CC2)cc1. The summed E-state index contributed by atoms with van der Waals surface area (Å²) >= 11 is 10.8. The molecule has 2 heterocycles. The summed E-state index contributed by atoms with van der Waals surface area (Å²) in [5.41, 5.74) is 3.08. The molecule has 1 aliphatic rings. The van der Waals surface area contributed by atoms with Gasteiger partial charge in [0, 0.05) is 47.6 Å². The van der Waals surface area contributed by atoms with Gasteiger partial charge in [0.2, 0.25) is 11.8 Å². The van der Waals surface area contributed by atoms with Crippen LogP contribution in [0.1, 0.15) is 10.4 Å². The fourth-order valence-corrected chi connectivity index (χ4v) is 5.24. The molecule has 0 saturated carbocycles. The van der Waals surface area contributed by atoms with Crippen molar-refractivity contribution in [1.29, 1.82) is 0 Å². The van der Waals surface area contributed by atoms with E-state index < -0.39 is 0 Å². The smallest absolute Gasteiger partial charge is 0.277 e. The molecule has 0 radical (unpaired) electrons. The molecule has 0 bridgehead atoms. The van der Waals surface area contributed by atoms with Crippen molar-refractivity contribution in [3.8, 4) is 11.5 Å². The zero-order valence-corrected chi connectivity index (χ0v) is 23.3. The monoisotopic (exact) mass is 611 g/mol. The summed E-state index contributed by atoms with van der Waals surface area (Å²) in [7, 11) is 0. The molecule has 3 aromatic carbocycles. The fraction of sp³-hybridized carbons (Fsp3) is 0.185. The largest absolute Gasteiger partial charge is 0.411 e. The second-order valence-corrected chi connectivity index (χ2v) is 10.8. The molecule has 0 spiro atoms. The van der Waals surface area contributed by atoms with Crippen LogP contribution < -0.4 is 10.2 Å². The Bertz CT molecular complexity index is 1440. The molecule has 1 aromatic heterocycles. The second kappa shape index (κ2) is 12.0. The maximum Gasteiger partial charge on any atom is 0.277 e. The van der Waals surface area contributed by atoms with E-state index in [2.05, 4.69) is 36.3 Å². The van der Waals surface area contributed by atoms with Gasteiger partial charge in [-0.15, -0.1) is 10.2 Å². The molecule has 4 aromatic rings. The molecule has 1 N–H and O–H groups in total. The van der Waals surface area contributed by atoms with E-state index >= 15 is 0 Å². The van der Waals surface area contributed by atoms with Crippen molar-refractivity contribution in [2.75, 3.05) is 42.1 Å². The van der Waals surface area contributed by atoms with Gasteiger partial charge in [0.25, 0.3) is 11.1 Å². The number of halogens is 2. The van der Waals surface area contributed by atoms with Crippen LogP contribution in [0.15, 0.2) is 86.9 Å². The van der Waals surface area contributed by atoms with E-state index in [0.29, 0.717) is 46.0 Å². The molecule has 2 amide bonds. The molecule has 1 aliphatic heterocycles. The third-order valence-corrected chi connectivity index (χ3v) is 7.63. The quantitative estimate of drug-likeness (QED) is 0.262. The number of carbonyl (C=O) groups excluding carboxylic acids is 2. The summed E-state index contributed by atoms with van der Waals surface area (Å²) in [6, 6.07) is 22.4. The van der Waals surface area contributed by atoms with E-state index in [4.69, 9.17) is 16.0 Å². The summed E-state index contributed by atoms with van der Waals surface area (Å²) in [6.07, 6.45) is 0. The predicted molar refractivity (Wildman–Crippen MR) is 153 cm³/mol. The minimum absolute atomic E-state index is 0.0440. The number of carbonyl (C=O) groups is 2. The van der Waals surface area contributed by atoms with Gasteiger partial charge in [-0.25, -0.2) is 0 Å². The van der Waals surface area contributed by atoms with E-state index in [-0.39, 0.29) is 17.6 Å². The van der Waals surface area contributed by atoms with Crippen LogP contribution >= 0.6 is 39.3 Å². The van der Waals surface area contributed by atoms with Crippen molar-refractivity contribution in [2.24, 2.45) is 0 Å². The van der Waals surface area contributed by atoms with Gasteiger partial charge in [-0.1, -0.05) is 57.5 Å². The van der Waals surface area contributed by atoms with Gasteiger partial charge in [-0.05, 0) is 54.6 Å². The van der Waals surface area contributed by atoms with Gasteiger partial charge in [0.15, 0.2) is 0 Å². The lowest BCUT2D eigenvalue weighted by Gasteiger charge is -2.36. The van der Waals surface area contributed by atoms with Crippen LogP contribution in [0.5, 0.6) is 0 Å². The summed E-state index contributed by atoms with van der Waals surface area (Å²) < 4.78 is 6.52. The molecule has 8 nitrogen and oxygen atoms in total. The van der Waals surface area contributed by atoms with Crippen molar-refractivity contribution in [2.45, 2.75) is 5.22 Å². The Labute approximate surface area is 237 Å². The Morgan fingerprint density at radius 2 is 1.74 bits per heavy atom. The topological polar surface area (TPSA) is 91.6 Å². The Hall–Kier alpha value is -3.34. The fourth-order valence-electron chi connectivity index (χ4n) is 4.06. The van der Waals surface area contributed by atoms with Crippen LogP contribution in [0.2, 0.25) is 5.02 Å². The van der Waals surface area contributed by atoms with Crippen LogP contribution in [-0.2, 0) is 4.79 Å². The van der Waals surface area contributed by atoms with Crippen molar-refractivity contribution in [3.63, 3.8) is 0 Å². The second-order valence-electron chi connectivity index (χ2n) is 8.53. The summed E-state index contributed by atoms with van der Waals surface area (Å²) in [5.74, 6) is 0.301. The van der Waals surface area contributed by atoms with E-state index in [1.165, 1.54) is 0 Å². The van der Waals surface area contributed by atoms with Crippen molar-refractivity contribution in [1.82, 2.24) is 15.1 Å². The maximum atomic E-state index is 12.8. The van der Waals surface area contributed by atoms with Crippen LogP contribution in [0.4, 0.5) is 11.4 Å². The standard InChI is InChI=1S/C27H23BrClN5O3S/c28-19-5-3-4-18(16-19)26(36)34-14-12-33(13-15-34)21-10-8-20(9-11-21)30-24(35)17-38-27-32-31-25(37-27)22-6-1-2-7-23(22)29/h1-11,16H,12-15,17H2,(H,30,35). The first-order chi connectivity index (χ1) is 18.5. The molecular weight excluding hydrogens is 590 g/mol. The number of hydrogen-bond donors (Lipinski definition) is 1. The first kappa shape index (κ1) is 26.3. The first-order valence-electron chi connectivity index (χ1n) is 11.9. The van der Waals surface area contributed by atoms with Gasteiger partial charge in [0.05, 0.1) is 16.3 Å². The van der Waals surface area contributed by atoms with Gasteiger partial charge < -0.3 is 19.5 Å². The zero-order chi connectivity index (χ0) is 26.5. The normalized spacial score (nSPS) is 13.4. The highest BCUT2D eigenvalue weighted by Gasteiger charge is 2.22. The minimum Gasteiger partial charge on any atom is -0.411 e. The highest BCUT2D eigenvalue weighted by Crippen LogP contribution is 2.29. The van der Waals surface area contributed by atoms with E-state index in [0.717, 1.165) is 35.0 Å². The Morgan fingerprint density at radius 1 is 0.974 bits per heavy atom. The Kier molecular flexibility index (Phi) is 8.31. The summed E-state index contributed by atoms with van der Waals surface area (Å²) in [6.45, 7) is 2.77. The van der Waals surface area contributed by atoms with Crippen LogP contribution in [0.3, 0.4) is 0 Å². The van der Waals surface area contributed by atoms with E-state index in [9.17, 15) is 9.59 Å². The van der Waals surface area contributed by atoms with Crippen molar-refractivity contribution >= 4 is 62.5 Å². The highest BCUT2D eigenvalue weighted by atomic mass is 79.9. The molecule has 38 heavy (non-hydrogen) atoms. The molecule has 11 heteroatoms. The van der Waals surface area contributed by atoms with Crippen molar-refractivity contribution in [3.05, 3.63) is 87.9 Å². The molecule has 5 rings (SSSR count). The van der Waals surface area contributed by atoms with Crippen LogP contribution in [0, 0.1) is 0 Å². The molecular formula is C27H23BrClN5O3S. The average molecular weight is 613 g/mol. The third-order valence-electron chi connectivity index (χ3n) is 5.99. The van der Waals surface area contributed by atoms with Crippen LogP contribution in [-0.4, -0.2) is 58.8 Å². The lowest BCUT2D eigenvalue weighted by Crippen LogP contribution is -2.48. The van der Waals surface area contributed by atoms with Gasteiger partial charge in [-0.2, -0.15) is 0 Å². The average Bonchev–Trinajstić information content (AvgIpc) is 3.41. The summed E-state index contributed by atoms with van der Waals surface area (Å²) in [5, 5.41) is 11.7. The number of nitrogens with one attached hydrogen (secondary N) is 1. The third kappa shape index (κ3) is 6.38. The van der Waals surface area contributed by atoms with E-state index in [1.807, 2.05) is 65.6 Å². The predicted octanol–water partition coefficient (Wildman–Crippen LogP) is 5.85. The highest BCUT2D eigenvalue weighted by molar-refractivity contribution is 9.10. The first-order valence-corrected chi connectivity index (χ1v) is 14.0.